The standard InChI is InChI=1S/C11H12BrF2NO/c1-7(5-12)6-15-11(16)8-3-2-4-9(13)10(8)14/h2-4,7H,5-6H2,1H3,(H,15,16). The smallest absolute Gasteiger partial charge is 0.254 e. The van der Waals surface area contributed by atoms with Crippen molar-refractivity contribution in [2.24, 2.45) is 5.92 Å². The van der Waals surface area contributed by atoms with Gasteiger partial charge in [0.25, 0.3) is 5.91 Å². The van der Waals surface area contributed by atoms with E-state index < -0.39 is 17.5 Å². The molecule has 0 saturated heterocycles. The van der Waals surface area contributed by atoms with E-state index in [1.54, 1.807) is 0 Å². The van der Waals surface area contributed by atoms with Gasteiger partial charge >= 0.3 is 0 Å². The fourth-order valence-corrected chi connectivity index (χ4v) is 1.32. The van der Waals surface area contributed by atoms with Crippen molar-refractivity contribution in [2.75, 3.05) is 11.9 Å². The molecule has 2 nitrogen and oxygen atoms in total. The zero-order valence-corrected chi connectivity index (χ0v) is 10.4. The molecule has 1 unspecified atom stereocenters. The molecule has 5 heteroatoms. The fourth-order valence-electron chi connectivity index (χ4n) is 1.10. The van der Waals surface area contributed by atoms with Gasteiger partial charge in [-0.15, -0.1) is 0 Å². The minimum absolute atomic E-state index is 0.237. The second-order valence-corrected chi connectivity index (χ2v) is 4.22. The molecule has 1 rings (SSSR count). The normalized spacial score (nSPS) is 12.2. The molecular weight excluding hydrogens is 280 g/mol. The summed E-state index contributed by atoms with van der Waals surface area (Å²) in [6.45, 7) is 2.34. The highest BCUT2D eigenvalue weighted by Crippen LogP contribution is 2.11. The van der Waals surface area contributed by atoms with Crippen LogP contribution in [0.1, 0.15) is 17.3 Å². The first kappa shape index (κ1) is 13.1. The molecule has 0 aliphatic carbocycles. The van der Waals surface area contributed by atoms with Crippen LogP contribution in [0.2, 0.25) is 0 Å². The lowest BCUT2D eigenvalue weighted by Crippen LogP contribution is -2.29. The molecule has 1 aromatic rings. The Kier molecular flexibility index (Phi) is 4.86. The van der Waals surface area contributed by atoms with Crippen LogP contribution in [0.5, 0.6) is 0 Å². The predicted octanol–water partition coefficient (Wildman–Crippen LogP) is 2.73. The minimum atomic E-state index is -1.11. The van der Waals surface area contributed by atoms with Crippen LogP contribution in [0.4, 0.5) is 8.78 Å². The molecule has 1 aromatic carbocycles. The average molecular weight is 292 g/mol. The maximum atomic E-state index is 13.2. The molecule has 88 valence electrons. The highest BCUT2D eigenvalue weighted by Gasteiger charge is 2.14. The van der Waals surface area contributed by atoms with Crippen LogP contribution in [-0.2, 0) is 0 Å². The number of nitrogens with one attached hydrogen (secondary N) is 1. The molecule has 1 atom stereocenters. The van der Waals surface area contributed by atoms with E-state index in [-0.39, 0.29) is 11.5 Å². The monoisotopic (exact) mass is 291 g/mol. The summed E-state index contributed by atoms with van der Waals surface area (Å²) in [6.07, 6.45) is 0. The Morgan fingerprint density at radius 2 is 2.19 bits per heavy atom. The van der Waals surface area contributed by atoms with E-state index >= 15 is 0 Å². The summed E-state index contributed by atoms with van der Waals surface area (Å²) in [5.41, 5.74) is -0.262. The van der Waals surface area contributed by atoms with Gasteiger partial charge in [-0.25, -0.2) is 8.78 Å². The Hall–Kier alpha value is -0.970. The quantitative estimate of drug-likeness (QED) is 0.849. The number of carbonyl (C=O) groups excluding carboxylic acids is 1. The van der Waals surface area contributed by atoms with Crippen molar-refractivity contribution < 1.29 is 13.6 Å². The average Bonchev–Trinajstić information content (AvgIpc) is 2.29. The summed E-state index contributed by atoms with van der Waals surface area (Å²) in [5, 5.41) is 3.28. The zero-order valence-electron chi connectivity index (χ0n) is 8.77. The lowest BCUT2D eigenvalue weighted by atomic mass is 10.1. The van der Waals surface area contributed by atoms with Crippen LogP contribution >= 0.6 is 15.9 Å². The molecule has 0 aromatic heterocycles. The van der Waals surface area contributed by atoms with Gasteiger partial charge in [-0.05, 0) is 18.1 Å². The van der Waals surface area contributed by atoms with E-state index in [4.69, 9.17) is 0 Å². The lowest BCUT2D eigenvalue weighted by Gasteiger charge is -2.10. The maximum absolute atomic E-state index is 13.2. The summed E-state index contributed by atoms with van der Waals surface area (Å²) in [5.74, 6) is -2.47. The van der Waals surface area contributed by atoms with Crippen LogP contribution in [0.15, 0.2) is 18.2 Å². The maximum Gasteiger partial charge on any atom is 0.254 e. The molecule has 0 spiro atoms. The van der Waals surface area contributed by atoms with Gasteiger partial charge in [-0.2, -0.15) is 0 Å². The Morgan fingerprint density at radius 1 is 1.50 bits per heavy atom. The van der Waals surface area contributed by atoms with Gasteiger partial charge in [0.1, 0.15) is 0 Å². The van der Waals surface area contributed by atoms with Crippen LogP contribution in [0, 0.1) is 17.6 Å². The first-order valence-electron chi connectivity index (χ1n) is 4.84. The molecule has 0 radical (unpaired) electrons. The van der Waals surface area contributed by atoms with Crippen LogP contribution in [0.25, 0.3) is 0 Å². The van der Waals surface area contributed by atoms with Crippen molar-refractivity contribution in [1.29, 1.82) is 0 Å². The van der Waals surface area contributed by atoms with E-state index in [2.05, 4.69) is 21.2 Å². The molecule has 1 amide bonds. The minimum Gasteiger partial charge on any atom is -0.352 e. The molecule has 0 aliphatic rings. The summed E-state index contributed by atoms with van der Waals surface area (Å²) < 4.78 is 26.1. The number of alkyl halides is 1. The number of halogens is 3. The van der Waals surface area contributed by atoms with Gasteiger partial charge in [-0.3, -0.25) is 4.79 Å². The number of carbonyl (C=O) groups is 1. The van der Waals surface area contributed by atoms with Crippen molar-refractivity contribution in [3.8, 4) is 0 Å². The van der Waals surface area contributed by atoms with Gasteiger partial charge in [0.05, 0.1) is 5.56 Å². The summed E-state index contributed by atoms with van der Waals surface area (Å²) in [4.78, 5) is 11.5. The number of benzene rings is 1. The van der Waals surface area contributed by atoms with Crippen LogP contribution in [0.3, 0.4) is 0 Å². The first-order chi connectivity index (χ1) is 7.56. The van der Waals surface area contributed by atoms with Crippen molar-refractivity contribution >= 4 is 21.8 Å². The lowest BCUT2D eigenvalue weighted by molar-refractivity contribution is 0.0944. The van der Waals surface area contributed by atoms with Crippen LogP contribution in [-0.4, -0.2) is 17.8 Å². The van der Waals surface area contributed by atoms with Crippen molar-refractivity contribution in [3.63, 3.8) is 0 Å². The molecule has 0 heterocycles. The fraction of sp³-hybridized carbons (Fsp3) is 0.364. The van der Waals surface area contributed by atoms with Gasteiger partial charge in [-0.1, -0.05) is 28.9 Å². The number of hydrogen-bond donors (Lipinski definition) is 1. The van der Waals surface area contributed by atoms with Crippen LogP contribution < -0.4 is 5.32 Å². The number of rotatable bonds is 4. The van der Waals surface area contributed by atoms with Crippen molar-refractivity contribution in [1.82, 2.24) is 5.32 Å². The topological polar surface area (TPSA) is 29.1 Å². The Balaban J connectivity index is 2.70. The summed E-state index contributed by atoms with van der Waals surface area (Å²) >= 11 is 3.26. The van der Waals surface area contributed by atoms with Gasteiger partial charge in [0, 0.05) is 11.9 Å². The van der Waals surface area contributed by atoms with E-state index in [0.717, 1.165) is 11.4 Å². The third-order valence-electron chi connectivity index (χ3n) is 2.07. The van der Waals surface area contributed by atoms with Gasteiger partial charge in [0.2, 0.25) is 0 Å². The predicted molar refractivity (Wildman–Crippen MR) is 61.6 cm³/mol. The van der Waals surface area contributed by atoms with E-state index in [0.29, 0.717) is 6.54 Å². The second kappa shape index (κ2) is 5.94. The van der Waals surface area contributed by atoms with Gasteiger partial charge < -0.3 is 5.32 Å². The highest BCUT2D eigenvalue weighted by molar-refractivity contribution is 9.09. The van der Waals surface area contributed by atoms with E-state index in [1.807, 2.05) is 6.92 Å². The second-order valence-electron chi connectivity index (χ2n) is 3.57. The summed E-state index contributed by atoms with van der Waals surface area (Å²) in [7, 11) is 0. The molecule has 0 aliphatic heterocycles. The number of amides is 1. The third kappa shape index (κ3) is 3.27. The summed E-state index contributed by atoms with van der Waals surface area (Å²) in [6, 6.07) is 3.54. The van der Waals surface area contributed by atoms with Crippen molar-refractivity contribution in [2.45, 2.75) is 6.92 Å². The van der Waals surface area contributed by atoms with E-state index in [1.165, 1.54) is 12.1 Å². The molecular formula is C11H12BrF2NO. The molecule has 0 fully saturated rings. The van der Waals surface area contributed by atoms with Crippen molar-refractivity contribution in [3.05, 3.63) is 35.4 Å². The SMILES string of the molecule is CC(CBr)CNC(=O)c1cccc(F)c1F. The Labute approximate surface area is 101 Å². The molecule has 0 saturated carbocycles. The number of hydrogen-bond acceptors (Lipinski definition) is 1. The molecule has 16 heavy (non-hydrogen) atoms. The zero-order chi connectivity index (χ0) is 12.1. The largest absolute Gasteiger partial charge is 0.352 e. The third-order valence-corrected chi connectivity index (χ3v) is 3.18. The first-order valence-corrected chi connectivity index (χ1v) is 5.96. The Morgan fingerprint density at radius 3 is 2.81 bits per heavy atom. The molecule has 1 N–H and O–H groups in total. The highest BCUT2D eigenvalue weighted by atomic mass is 79.9. The Bertz CT molecular complexity index is 384. The van der Waals surface area contributed by atoms with Gasteiger partial charge in [0.15, 0.2) is 11.6 Å². The molecule has 0 bridgehead atoms. The van der Waals surface area contributed by atoms with E-state index in [9.17, 15) is 13.6 Å².